The van der Waals surface area contributed by atoms with Gasteiger partial charge in [0.05, 0.1) is 4.90 Å². The molecule has 7 nitrogen and oxygen atoms in total. The van der Waals surface area contributed by atoms with Crippen molar-refractivity contribution in [3.63, 3.8) is 0 Å². The molecule has 20 heavy (non-hydrogen) atoms. The summed E-state index contributed by atoms with van der Waals surface area (Å²) in [4.78, 5) is 8.03. The number of nitrogen functional groups attached to an aromatic ring is 1. The smallest absolute Gasteiger partial charge is 0.226 e. The van der Waals surface area contributed by atoms with E-state index in [1.165, 1.54) is 12.1 Å². The van der Waals surface area contributed by atoms with Gasteiger partial charge >= 0.3 is 0 Å². The Morgan fingerprint density at radius 3 is 2.65 bits per heavy atom. The van der Waals surface area contributed by atoms with E-state index in [-0.39, 0.29) is 16.7 Å². The molecule has 1 aromatic carbocycles. The maximum Gasteiger partial charge on any atom is 0.226 e. The van der Waals surface area contributed by atoms with E-state index >= 15 is 0 Å². The zero-order valence-corrected chi connectivity index (χ0v) is 11.8. The van der Waals surface area contributed by atoms with Crippen LogP contribution < -0.4 is 15.8 Å². The van der Waals surface area contributed by atoms with Gasteiger partial charge in [0.2, 0.25) is 11.8 Å². The molecule has 0 bridgehead atoms. The molecule has 0 unspecified atom stereocenters. The van der Waals surface area contributed by atoms with Crippen molar-refractivity contribution in [2.75, 3.05) is 24.4 Å². The van der Waals surface area contributed by atoms with Crippen molar-refractivity contribution in [1.82, 2.24) is 9.97 Å². The fraction of sp³-hybridized carbons (Fsp3) is 0.167. The first kappa shape index (κ1) is 14.1. The highest BCUT2D eigenvalue weighted by Gasteiger charge is 2.09. The van der Waals surface area contributed by atoms with E-state index in [9.17, 15) is 8.42 Å². The van der Waals surface area contributed by atoms with Gasteiger partial charge < -0.3 is 15.8 Å². The van der Waals surface area contributed by atoms with Crippen LogP contribution in [0.3, 0.4) is 0 Å². The summed E-state index contributed by atoms with van der Waals surface area (Å²) in [6, 6.07) is 7.70. The number of anilines is 2. The Hall–Kier alpha value is -2.35. The molecule has 106 valence electrons. The third-order valence-electron chi connectivity index (χ3n) is 2.43. The Kier molecular flexibility index (Phi) is 3.75. The first-order valence-corrected chi connectivity index (χ1v) is 7.58. The highest BCUT2D eigenvalue weighted by molar-refractivity contribution is 7.90. The SMILES string of the molecule is CNc1cc(Oc2cccc(S(C)(=O)=O)c2)nc(N)n1. The van der Waals surface area contributed by atoms with Crippen LogP contribution in [0.1, 0.15) is 0 Å². The summed E-state index contributed by atoms with van der Waals surface area (Å²) in [5.74, 6) is 1.15. The van der Waals surface area contributed by atoms with E-state index in [2.05, 4.69) is 15.3 Å². The Balaban J connectivity index is 2.33. The quantitative estimate of drug-likeness (QED) is 0.875. The fourth-order valence-corrected chi connectivity index (χ4v) is 2.17. The monoisotopic (exact) mass is 294 g/mol. The van der Waals surface area contributed by atoms with E-state index in [0.29, 0.717) is 11.6 Å². The second kappa shape index (κ2) is 5.33. The number of aromatic nitrogens is 2. The maximum absolute atomic E-state index is 11.5. The molecule has 2 aromatic rings. The molecule has 0 aliphatic carbocycles. The van der Waals surface area contributed by atoms with Gasteiger partial charge in [-0.25, -0.2) is 8.42 Å². The van der Waals surface area contributed by atoms with Gasteiger partial charge in [0.25, 0.3) is 0 Å². The zero-order valence-electron chi connectivity index (χ0n) is 11.0. The molecule has 0 saturated heterocycles. The normalized spacial score (nSPS) is 11.1. The highest BCUT2D eigenvalue weighted by atomic mass is 32.2. The lowest BCUT2D eigenvalue weighted by molar-refractivity contribution is 0.461. The molecule has 0 amide bonds. The van der Waals surface area contributed by atoms with Crippen molar-refractivity contribution in [3.05, 3.63) is 30.3 Å². The van der Waals surface area contributed by atoms with E-state index in [1.807, 2.05) is 0 Å². The summed E-state index contributed by atoms with van der Waals surface area (Å²) >= 11 is 0. The van der Waals surface area contributed by atoms with Crippen molar-refractivity contribution < 1.29 is 13.2 Å². The van der Waals surface area contributed by atoms with Gasteiger partial charge in [0.15, 0.2) is 9.84 Å². The van der Waals surface area contributed by atoms with Crippen LogP contribution in [-0.2, 0) is 9.84 Å². The van der Waals surface area contributed by atoms with E-state index in [1.54, 1.807) is 25.2 Å². The molecule has 2 rings (SSSR count). The van der Waals surface area contributed by atoms with Crippen molar-refractivity contribution in [2.24, 2.45) is 0 Å². The first-order valence-electron chi connectivity index (χ1n) is 5.69. The van der Waals surface area contributed by atoms with Gasteiger partial charge in [-0.2, -0.15) is 9.97 Å². The Morgan fingerprint density at radius 1 is 1.25 bits per heavy atom. The van der Waals surface area contributed by atoms with E-state index in [0.717, 1.165) is 6.26 Å². The molecule has 0 aliphatic rings. The number of ether oxygens (including phenoxy) is 1. The highest BCUT2D eigenvalue weighted by Crippen LogP contribution is 2.24. The van der Waals surface area contributed by atoms with Crippen LogP contribution in [0.5, 0.6) is 11.6 Å². The minimum atomic E-state index is -3.29. The molecule has 0 fully saturated rings. The number of nitrogens with one attached hydrogen (secondary N) is 1. The molecule has 0 atom stereocenters. The van der Waals surface area contributed by atoms with Crippen LogP contribution in [0.25, 0.3) is 0 Å². The molecule has 0 spiro atoms. The second-order valence-corrected chi connectivity index (χ2v) is 6.06. The van der Waals surface area contributed by atoms with Crippen LogP contribution in [0.2, 0.25) is 0 Å². The lowest BCUT2D eigenvalue weighted by Gasteiger charge is -2.08. The summed E-state index contributed by atoms with van der Waals surface area (Å²) in [6.07, 6.45) is 1.13. The minimum Gasteiger partial charge on any atom is -0.439 e. The molecule has 0 saturated carbocycles. The molecular formula is C12H14N4O3S. The molecule has 1 aromatic heterocycles. The van der Waals surface area contributed by atoms with Crippen LogP contribution in [-0.4, -0.2) is 31.7 Å². The van der Waals surface area contributed by atoms with Crippen LogP contribution in [0.15, 0.2) is 35.2 Å². The van der Waals surface area contributed by atoms with Gasteiger partial charge in [0, 0.05) is 19.4 Å². The molecular weight excluding hydrogens is 280 g/mol. The summed E-state index contributed by atoms with van der Waals surface area (Å²) in [5, 5.41) is 2.82. The third-order valence-corrected chi connectivity index (χ3v) is 3.54. The number of nitrogens with two attached hydrogens (primary N) is 1. The third kappa shape index (κ3) is 3.35. The lowest BCUT2D eigenvalue weighted by Crippen LogP contribution is -2.02. The van der Waals surface area contributed by atoms with E-state index in [4.69, 9.17) is 10.5 Å². The first-order chi connectivity index (χ1) is 9.38. The molecule has 0 radical (unpaired) electrons. The zero-order chi connectivity index (χ0) is 14.8. The van der Waals surface area contributed by atoms with Gasteiger partial charge in [-0.05, 0) is 18.2 Å². The van der Waals surface area contributed by atoms with Crippen molar-refractivity contribution >= 4 is 21.6 Å². The van der Waals surface area contributed by atoms with E-state index < -0.39 is 9.84 Å². The number of rotatable bonds is 4. The average molecular weight is 294 g/mol. The lowest BCUT2D eigenvalue weighted by atomic mass is 10.3. The van der Waals surface area contributed by atoms with Gasteiger partial charge in [-0.15, -0.1) is 0 Å². The number of benzene rings is 1. The van der Waals surface area contributed by atoms with Crippen molar-refractivity contribution in [2.45, 2.75) is 4.90 Å². The molecule has 0 aliphatic heterocycles. The predicted molar refractivity (Wildman–Crippen MR) is 75.6 cm³/mol. The summed E-state index contributed by atoms with van der Waals surface area (Å²) in [7, 11) is -1.60. The Labute approximate surface area is 116 Å². The van der Waals surface area contributed by atoms with Crippen molar-refractivity contribution in [3.8, 4) is 11.6 Å². The van der Waals surface area contributed by atoms with Crippen LogP contribution in [0, 0.1) is 0 Å². The van der Waals surface area contributed by atoms with Crippen LogP contribution in [0.4, 0.5) is 11.8 Å². The maximum atomic E-state index is 11.5. The number of sulfone groups is 1. The summed E-state index contributed by atoms with van der Waals surface area (Å²) < 4.78 is 28.5. The predicted octanol–water partition coefficient (Wildman–Crippen LogP) is 1.30. The number of hydrogen-bond acceptors (Lipinski definition) is 7. The average Bonchev–Trinajstić information content (AvgIpc) is 2.37. The number of hydrogen-bond donors (Lipinski definition) is 2. The Bertz CT molecular complexity index is 731. The van der Waals surface area contributed by atoms with Crippen molar-refractivity contribution in [1.29, 1.82) is 0 Å². The largest absolute Gasteiger partial charge is 0.439 e. The summed E-state index contributed by atoms with van der Waals surface area (Å²) in [6.45, 7) is 0. The molecule has 1 heterocycles. The van der Waals surface area contributed by atoms with Gasteiger partial charge in [0.1, 0.15) is 11.6 Å². The molecule has 8 heteroatoms. The van der Waals surface area contributed by atoms with Crippen LogP contribution >= 0.6 is 0 Å². The minimum absolute atomic E-state index is 0.0612. The second-order valence-electron chi connectivity index (χ2n) is 4.05. The van der Waals surface area contributed by atoms with Gasteiger partial charge in [-0.3, -0.25) is 0 Å². The Morgan fingerprint density at radius 2 is 2.00 bits per heavy atom. The summed E-state index contributed by atoms with van der Waals surface area (Å²) in [5.41, 5.74) is 5.55. The fourth-order valence-electron chi connectivity index (χ4n) is 1.51. The standard InChI is InChI=1S/C12H14N4O3S/c1-14-10-7-11(16-12(13)15-10)19-8-4-3-5-9(6-8)20(2,17)18/h3-7H,1-2H3,(H3,13,14,15,16). The number of nitrogens with zero attached hydrogens (tertiary/aromatic N) is 2. The molecule has 3 N–H and O–H groups in total. The topological polar surface area (TPSA) is 107 Å². The van der Waals surface area contributed by atoms with Gasteiger partial charge in [-0.1, -0.05) is 6.07 Å².